The maximum atomic E-state index is 10.9. The number of carboxylic acids is 1. The SMILES string of the molecule is CC1CN(c2ncc(C(=O)O)cc2N)CC1N(C)C. The van der Waals surface area contributed by atoms with Gasteiger partial charge in [-0.05, 0) is 26.1 Å². The Kier molecular flexibility index (Phi) is 3.61. The molecule has 1 fully saturated rings. The van der Waals surface area contributed by atoms with Gasteiger partial charge < -0.3 is 20.6 Å². The first-order valence-corrected chi connectivity index (χ1v) is 6.30. The van der Waals surface area contributed by atoms with Gasteiger partial charge in [0.05, 0.1) is 11.3 Å². The summed E-state index contributed by atoms with van der Waals surface area (Å²) in [5.74, 6) is 0.197. The van der Waals surface area contributed by atoms with Crippen molar-refractivity contribution in [1.29, 1.82) is 0 Å². The number of nitrogens with two attached hydrogens (primary N) is 1. The van der Waals surface area contributed by atoms with Gasteiger partial charge in [-0.25, -0.2) is 9.78 Å². The molecule has 1 aromatic heterocycles. The van der Waals surface area contributed by atoms with Gasteiger partial charge in [0.15, 0.2) is 5.82 Å². The van der Waals surface area contributed by atoms with E-state index in [2.05, 4.69) is 35.8 Å². The van der Waals surface area contributed by atoms with Crippen molar-refractivity contribution in [3.8, 4) is 0 Å². The van der Waals surface area contributed by atoms with Crippen molar-refractivity contribution < 1.29 is 9.90 Å². The van der Waals surface area contributed by atoms with Crippen molar-refractivity contribution in [2.75, 3.05) is 37.8 Å². The number of rotatable bonds is 3. The highest BCUT2D eigenvalue weighted by Crippen LogP contribution is 2.28. The lowest BCUT2D eigenvalue weighted by Crippen LogP contribution is -2.34. The largest absolute Gasteiger partial charge is 0.478 e. The van der Waals surface area contributed by atoms with Crippen LogP contribution in [-0.4, -0.2) is 54.2 Å². The number of anilines is 2. The average Bonchev–Trinajstić information content (AvgIpc) is 2.71. The van der Waals surface area contributed by atoms with Gasteiger partial charge in [-0.2, -0.15) is 0 Å². The highest BCUT2D eigenvalue weighted by atomic mass is 16.4. The van der Waals surface area contributed by atoms with Gasteiger partial charge in [0.1, 0.15) is 0 Å². The van der Waals surface area contributed by atoms with E-state index >= 15 is 0 Å². The molecule has 1 aromatic rings. The maximum Gasteiger partial charge on any atom is 0.337 e. The van der Waals surface area contributed by atoms with Crippen molar-refractivity contribution >= 4 is 17.5 Å². The zero-order valence-electron chi connectivity index (χ0n) is 11.5. The van der Waals surface area contributed by atoms with Crippen molar-refractivity contribution in [3.05, 3.63) is 17.8 Å². The van der Waals surface area contributed by atoms with Crippen molar-refractivity contribution in [3.63, 3.8) is 0 Å². The highest BCUT2D eigenvalue weighted by Gasteiger charge is 2.32. The van der Waals surface area contributed by atoms with Gasteiger partial charge in [0.2, 0.25) is 0 Å². The minimum Gasteiger partial charge on any atom is -0.478 e. The quantitative estimate of drug-likeness (QED) is 0.838. The molecule has 2 heterocycles. The van der Waals surface area contributed by atoms with Gasteiger partial charge in [-0.15, -0.1) is 0 Å². The summed E-state index contributed by atoms with van der Waals surface area (Å²) in [6, 6.07) is 1.93. The molecule has 6 heteroatoms. The first-order chi connectivity index (χ1) is 8.90. The van der Waals surface area contributed by atoms with Crippen LogP contribution >= 0.6 is 0 Å². The molecule has 2 rings (SSSR count). The number of hydrogen-bond donors (Lipinski definition) is 2. The van der Waals surface area contributed by atoms with Crippen molar-refractivity contribution in [2.45, 2.75) is 13.0 Å². The molecule has 0 spiro atoms. The number of aromatic nitrogens is 1. The maximum absolute atomic E-state index is 10.9. The monoisotopic (exact) mass is 264 g/mol. The first kappa shape index (κ1) is 13.6. The molecule has 0 aliphatic carbocycles. The third-order valence-corrected chi connectivity index (χ3v) is 3.68. The topological polar surface area (TPSA) is 82.7 Å². The summed E-state index contributed by atoms with van der Waals surface area (Å²) in [7, 11) is 4.13. The Balaban J connectivity index is 2.22. The van der Waals surface area contributed by atoms with E-state index in [9.17, 15) is 4.79 Å². The fourth-order valence-corrected chi connectivity index (χ4v) is 2.65. The summed E-state index contributed by atoms with van der Waals surface area (Å²) < 4.78 is 0. The summed E-state index contributed by atoms with van der Waals surface area (Å²) in [6.07, 6.45) is 1.36. The molecule has 1 saturated heterocycles. The predicted octanol–water partition coefficient (Wildman–Crippen LogP) is 0.748. The molecule has 0 saturated carbocycles. The lowest BCUT2D eigenvalue weighted by Gasteiger charge is -2.23. The van der Waals surface area contributed by atoms with E-state index in [1.54, 1.807) is 0 Å². The summed E-state index contributed by atoms with van der Waals surface area (Å²) in [5, 5.41) is 8.91. The molecule has 0 bridgehead atoms. The standard InChI is InChI=1S/C13H20N4O2/c1-8-6-17(7-11(8)16(2)3)12-10(14)4-9(5-15-12)13(18)19/h4-5,8,11H,6-7,14H2,1-3H3,(H,18,19). The van der Waals surface area contributed by atoms with Crippen LogP contribution in [0.5, 0.6) is 0 Å². The first-order valence-electron chi connectivity index (χ1n) is 6.30. The zero-order valence-corrected chi connectivity index (χ0v) is 11.5. The number of pyridine rings is 1. The molecule has 0 aromatic carbocycles. The van der Waals surface area contributed by atoms with Crippen LogP contribution in [0.1, 0.15) is 17.3 Å². The number of likely N-dealkylation sites (N-methyl/N-ethyl adjacent to an activating group) is 1. The number of carboxylic acid groups (broad SMARTS) is 1. The Bertz CT molecular complexity index is 490. The molecule has 104 valence electrons. The number of aromatic carboxylic acids is 1. The van der Waals surface area contributed by atoms with Crippen LogP contribution in [0.4, 0.5) is 11.5 Å². The highest BCUT2D eigenvalue weighted by molar-refractivity contribution is 5.89. The van der Waals surface area contributed by atoms with Crippen LogP contribution in [0, 0.1) is 5.92 Å². The minimum absolute atomic E-state index is 0.123. The molecule has 0 amide bonds. The normalized spacial score (nSPS) is 23.1. The van der Waals surface area contributed by atoms with Gasteiger partial charge in [-0.3, -0.25) is 0 Å². The number of nitrogens with zero attached hydrogens (tertiary/aromatic N) is 3. The Morgan fingerprint density at radius 1 is 1.53 bits per heavy atom. The predicted molar refractivity (Wildman–Crippen MR) is 74.5 cm³/mol. The second-order valence-electron chi connectivity index (χ2n) is 5.36. The number of nitrogen functional groups attached to an aromatic ring is 1. The molecular formula is C13H20N4O2. The van der Waals surface area contributed by atoms with Crippen LogP contribution in [-0.2, 0) is 0 Å². The third-order valence-electron chi connectivity index (χ3n) is 3.68. The smallest absolute Gasteiger partial charge is 0.337 e. The molecule has 0 radical (unpaired) electrons. The average molecular weight is 264 g/mol. The molecule has 19 heavy (non-hydrogen) atoms. The molecular weight excluding hydrogens is 244 g/mol. The minimum atomic E-state index is -1.01. The zero-order chi connectivity index (χ0) is 14.2. The van der Waals surface area contributed by atoms with E-state index in [0.29, 0.717) is 23.5 Å². The van der Waals surface area contributed by atoms with E-state index < -0.39 is 5.97 Å². The van der Waals surface area contributed by atoms with E-state index in [4.69, 9.17) is 10.8 Å². The second kappa shape index (κ2) is 5.05. The van der Waals surface area contributed by atoms with Gasteiger partial charge in [0.25, 0.3) is 0 Å². The van der Waals surface area contributed by atoms with Crippen LogP contribution in [0.25, 0.3) is 0 Å². The molecule has 1 aliphatic heterocycles. The molecule has 2 atom stereocenters. The van der Waals surface area contributed by atoms with Crippen LogP contribution in [0.3, 0.4) is 0 Å². The summed E-state index contributed by atoms with van der Waals surface area (Å²) in [6.45, 7) is 3.94. The van der Waals surface area contributed by atoms with E-state index in [1.165, 1.54) is 12.3 Å². The summed E-state index contributed by atoms with van der Waals surface area (Å²) >= 11 is 0. The Labute approximate surface area is 112 Å². The Hall–Kier alpha value is -1.82. The lowest BCUT2D eigenvalue weighted by atomic mass is 10.1. The lowest BCUT2D eigenvalue weighted by molar-refractivity contribution is 0.0696. The summed E-state index contributed by atoms with van der Waals surface area (Å²) in [4.78, 5) is 19.4. The van der Waals surface area contributed by atoms with E-state index in [0.717, 1.165) is 13.1 Å². The van der Waals surface area contributed by atoms with E-state index in [-0.39, 0.29) is 5.56 Å². The van der Waals surface area contributed by atoms with Gasteiger partial charge in [-0.1, -0.05) is 6.92 Å². The third kappa shape index (κ3) is 2.63. The Morgan fingerprint density at radius 3 is 2.68 bits per heavy atom. The second-order valence-corrected chi connectivity index (χ2v) is 5.36. The van der Waals surface area contributed by atoms with Crippen molar-refractivity contribution in [1.82, 2.24) is 9.88 Å². The van der Waals surface area contributed by atoms with Crippen LogP contribution in [0.15, 0.2) is 12.3 Å². The van der Waals surface area contributed by atoms with Crippen molar-refractivity contribution in [2.24, 2.45) is 5.92 Å². The number of carbonyl (C=O) groups is 1. The molecule has 3 N–H and O–H groups in total. The Morgan fingerprint density at radius 2 is 2.21 bits per heavy atom. The fraction of sp³-hybridized carbons (Fsp3) is 0.538. The van der Waals surface area contributed by atoms with E-state index in [1.807, 2.05) is 0 Å². The molecule has 6 nitrogen and oxygen atoms in total. The van der Waals surface area contributed by atoms with Gasteiger partial charge in [0, 0.05) is 25.3 Å². The number of hydrogen-bond acceptors (Lipinski definition) is 5. The fourth-order valence-electron chi connectivity index (χ4n) is 2.65. The summed E-state index contributed by atoms with van der Waals surface area (Å²) in [5.41, 5.74) is 6.47. The van der Waals surface area contributed by atoms with Gasteiger partial charge >= 0.3 is 5.97 Å². The van der Waals surface area contributed by atoms with Crippen LogP contribution in [0.2, 0.25) is 0 Å². The molecule has 1 aliphatic rings. The van der Waals surface area contributed by atoms with Crippen LogP contribution < -0.4 is 10.6 Å². The molecule has 2 unspecified atom stereocenters.